The molecule has 0 amide bonds. The second kappa shape index (κ2) is 6.55. The van der Waals surface area contributed by atoms with Crippen LogP contribution in [0, 0.1) is 0 Å². The maximum absolute atomic E-state index is 6.07. The molecule has 0 aromatic heterocycles. The Morgan fingerprint density at radius 3 is 2.94 bits per heavy atom. The Hall–Kier alpha value is -0.340. The third-order valence-corrected chi connectivity index (χ3v) is 4.04. The first-order valence-electron chi connectivity index (χ1n) is 7.39. The van der Waals surface area contributed by atoms with Gasteiger partial charge in [-0.05, 0) is 52.0 Å². The predicted molar refractivity (Wildman–Crippen MR) is 72.2 cm³/mol. The second-order valence-electron chi connectivity index (χ2n) is 5.48. The fourth-order valence-corrected chi connectivity index (χ4v) is 3.12. The summed E-state index contributed by atoms with van der Waals surface area (Å²) in [4.78, 5) is 0. The van der Waals surface area contributed by atoms with Crippen molar-refractivity contribution in [2.24, 2.45) is 0 Å². The standard InChI is InChI=1S/C15H27NO/c1-3-16-15(14-11-10-12(2)17-14)13-8-6-4-5-7-9-13/h8,12,14-16H,3-7,9-11H2,1-2H3. The SMILES string of the molecule is CCNC(C1=CCCCCC1)C1CCC(C)O1. The summed E-state index contributed by atoms with van der Waals surface area (Å²) >= 11 is 0. The van der Waals surface area contributed by atoms with Gasteiger partial charge in [0, 0.05) is 0 Å². The number of hydrogen-bond acceptors (Lipinski definition) is 2. The van der Waals surface area contributed by atoms with Crippen molar-refractivity contribution in [3.05, 3.63) is 11.6 Å². The Bertz CT molecular complexity index is 262. The zero-order chi connectivity index (χ0) is 12.1. The molecule has 3 atom stereocenters. The predicted octanol–water partition coefficient (Wildman–Crippen LogP) is 3.42. The van der Waals surface area contributed by atoms with Crippen LogP contribution in [-0.4, -0.2) is 24.8 Å². The van der Waals surface area contributed by atoms with E-state index in [0.29, 0.717) is 18.2 Å². The van der Waals surface area contributed by atoms with E-state index in [-0.39, 0.29) is 0 Å². The fourth-order valence-electron chi connectivity index (χ4n) is 3.12. The molecule has 17 heavy (non-hydrogen) atoms. The number of ether oxygens (including phenoxy) is 1. The Morgan fingerprint density at radius 2 is 2.24 bits per heavy atom. The van der Waals surface area contributed by atoms with Crippen molar-refractivity contribution >= 4 is 0 Å². The van der Waals surface area contributed by atoms with Gasteiger partial charge in [0.05, 0.1) is 18.2 Å². The number of likely N-dealkylation sites (N-methyl/N-ethyl adjacent to an activating group) is 1. The highest BCUT2D eigenvalue weighted by Crippen LogP contribution is 2.29. The van der Waals surface area contributed by atoms with Crippen molar-refractivity contribution in [3.8, 4) is 0 Å². The molecular formula is C15H27NO. The average Bonchev–Trinajstić information content (AvgIpc) is 2.60. The molecule has 2 rings (SSSR count). The minimum absolute atomic E-state index is 0.411. The fraction of sp³-hybridized carbons (Fsp3) is 0.867. The molecule has 1 heterocycles. The third kappa shape index (κ3) is 3.56. The number of hydrogen-bond donors (Lipinski definition) is 1. The van der Waals surface area contributed by atoms with Crippen LogP contribution in [0.5, 0.6) is 0 Å². The molecule has 3 unspecified atom stereocenters. The van der Waals surface area contributed by atoms with E-state index in [1.807, 2.05) is 0 Å². The van der Waals surface area contributed by atoms with Crippen molar-refractivity contribution < 1.29 is 4.74 Å². The zero-order valence-electron chi connectivity index (χ0n) is 11.4. The zero-order valence-corrected chi connectivity index (χ0v) is 11.4. The summed E-state index contributed by atoms with van der Waals surface area (Å²) < 4.78 is 6.07. The largest absolute Gasteiger partial charge is 0.373 e. The molecule has 1 aliphatic heterocycles. The van der Waals surface area contributed by atoms with Crippen LogP contribution in [-0.2, 0) is 4.74 Å². The molecule has 0 aromatic carbocycles. The first kappa shape index (κ1) is 13.1. The summed E-state index contributed by atoms with van der Waals surface area (Å²) in [6.45, 7) is 5.43. The van der Waals surface area contributed by atoms with Crippen molar-refractivity contribution in [1.29, 1.82) is 0 Å². The van der Waals surface area contributed by atoms with Crippen molar-refractivity contribution in [2.75, 3.05) is 6.54 Å². The molecule has 0 radical (unpaired) electrons. The quantitative estimate of drug-likeness (QED) is 0.756. The van der Waals surface area contributed by atoms with Gasteiger partial charge in [-0.25, -0.2) is 0 Å². The number of allylic oxidation sites excluding steroid dienone is 1. The van der Waals surface area contributed by atoms with Gasteiger partial charge in [-0.2, -0.15) is 0 Å². The van der Waals surface area contributed by atoms with E-state index < -0.39 is 0 Å². The maximum Gasteiger partial charge on any atom is 0.0771 e. The van der Waals surface area contributed by atoms with Gasteiger partial charge in [0.1, 0.15) is 0 Å². The van der Waals surface area contributed by atoms with Gasteiger partial charge >= 0.3 is 0 Å². The molecule has 0 aromatic rings. The van der Waals surface area contributed by atoms with Crippen LogP contribution < -0.4 is 5.32 Å². The minimum Gasteiger partial charge on any atom is -0.373 e. The van der Waals surface area contributed by atoms with E-state index >= 15 is 0 Å². The molecule has 2 aliphatic rings. The van der Waals surface area contributed by atoms with Crippen LogP contribution in [0.15, 0.2) is 11.6 Å². The number of nitrogens with one attached hydrogen (secondary N) is 1. The summed E-state index contributed by atoms with van der Waals surface area (Å²) in [5.74, 6) is 0. The Balaban J connectivity index is 2.02. The van der Waals surface area contributed by atoms with E-state index in [1.165, 1.54) is 44.9 Å². The average molecular weight is 237 g/mol. The first-order chi connectivity index (χ1) is 8.31. The molecule has 1 N–H and O–H groups in total. The maximum atomic E-state index is 6.07. The van der Waals surface area contributed by atoms with Crippen molar-refractivity contribution in [3.63, 3.8) is 0 Å². The lowest BCUT2D eigenvalue weighted by molar-refractivity contribution is 0.0392. The molecule has 1 saturated heterocycles. The molecule has 2 nitrogen and oxygen atoms in total. The molecule has 1 aliphatic carbocycles. The number of rotatable bonds is 4. The highest BCUT2D eigenvalue weighted by Gasteiger charge is 2.31. The van der Waals surface area contributed by atoms with Gasteiger partial charge in [-0.1, -0.05) is 25.0 Å². The highest BCUT2D eigenvalue weighted by atomic mass is 16.5. The van der Waals surface area contributed by atoms with Gasteiger partial charge in [0.25, 0.3) is 0 Å². The van der Waals surface area contributed by atoms with Crippen LogP contribution in [0.1, 0.15) is 58.8 Å². The van der Waals surface area contributed by atoms with Gasteiger partial charge < -0.3 is 10.1 Å². The van der Waals surface area contributed by atoms with E-state index in [4.69, 9.17) is 4.74 Å². The van der Waals surface area contributed by atoms with Crippen LogP contribution in [0.25, 0.3) is 0 Å². The monoisotopic (exact) mass is 237 g/mol. The van der Waals surface area contributed by atoms with Crippen molar-refractivity contribution in [1.82, 2.24) is 5.32 Å². The Labute approximate surface area is 106 Å². The van der Waals surface area contributed by atoms with Crippen LogP contribution in [0.4, 0.5) is 0 Å². The summed E-state index contributed by atoms with van der Waals surface area (Å²) in [7, 11) is 0. The summed E-state index contributed by atoms with van der Waals surface area (Å²) in [6, 6.07) is 0.475. The molecular weight excluding hydrogens is 210 g/mol. The van der Waals surface area contributed by atoms with Crippen LogP contribution in [0.2, 0.25) is 0 Å². The summed E-state index contributed by atoms with van der Waals surface area (Å²) in [5, 5.41) is 3.65. The first-order valence-corrected chi connectivity index (χ1v) is 7.39. The smallest absolute Gasteiger partial charge is 0.0771 e. The Morgan fingerprint density at radius 1 is 1.35 bits per heavy atom. The second-order valence-corrected chi connectivity index (χ2v) is 5.48. The normalized spacial score (nSPS) is 32.0. The molecule has 0 saturated carbocycles. The van der Waals surface area contributed by atoms with Crippen LogP contribution in [0.3, 0.4) is 0 Å². The van der Waals surface area contributed by atoms with Crippen LogP contribution >= 0.6 is 0 Å². The lowest BCUT2D eigenvalue weighted by Gasteiger charge is -2.27. The molecule has 1 fully saturated rings. The molecule has 0 bridgehead atoms. The minimum atomic E-state index is 0.411. The van der Waals surface area contributed by atoms with Gasteiger partial charge in [0.2, 0.25) is 0 Å². The Kier molecular flexibility index (Phi) is 5.05. The lowest BCUT2D eigenvalue weighted by Crippen LogP contribution is -2.41. The molecule has 0 spiro atoms. The molecule has 2 heteroatoms. The van der Waals surface area contributed by atoms with E-state index in [2.05, 4.69) is 25.2 Å². The van der Waals surface area contributed by atoms with E-state index in [0.717, 1.165) is 6.54 Å². The third-order valence-electron chi connectivity index (χ3n) is 4.04. The lowest BCUT2D eigenvalue weighted by atomic mass is 9.95. The van der Waals surface area contributed by atoms with Gasteiger partial charge in [-0.3, -0.25) is 0 Å². The van der Waals surface area contributed by atoms with Crippen molar-refractivity contribution in [2.45, 2.75) is 77.0 Å². The summed E-state index contributed by atoms with van der Waals surface area (Å²) in [5.41, 5.74) is 1.61. The van der Waals surface area contributed by atoms with Gasteiger partial charge in [-0.15, -0.1) is 0 Å². The highest BCUT2D eigenvalue weighted by molar-refractivity contribution is 5.15. The van der Waals surface area contributed by atoms with E-state index in [9.17, 15) is 0 Å². The summed E-state index contributed by atoms with van der Waals surface area (Å²) in [6.07, 6.45) is 12.4. The van der Waals surface area contributed by atoms with Gasteiger partial charge in [0.15, 0.2) is 0 Å². The molecule has 98 valence electrons. The van der Waals surface area contributed by atoms with E-state index in [1.54, 1.807) is 5.57 Å². The topological polar surface area (TPSA) is 21.3 Å².